The molecule has 1 aliphatic heterocycles. The molecule has 0 bridgehead atoms. The number of halogens is 1. The minimum atomic E-state index is -3.09. The lowest BCUT2D eigenvalue weighted by atomic mass is 10.0. The van der Waals surface area contributed by atoms with E-state index in [9.17, 15) is 17.6 Å². The predicted molar refractivity (Wildman–Crippen MR) is 70.3 cm³/mol. The lowest BCUT2D eigenvalue weighted by molar-refractivity contribution is 0.0915. The van der Waals surface area contributed by atoms with Crippen molar-refractivity contribution in [3.63, 3.8) is 0 Å². The maximum Gasteiger partial charge on any atom is 0.251 e. The van der Waals surface area contributed by atoms with Gasteiger partial charge in [-0.1, -0.05) is 6.07 Å². The van der Waals surface area contributed by atoms with Crippen LogP contribution in [0.1, 0.15) is 29.3 Å². The Kier molecular flexibility index (Phi) is 3.38. The van der Waals surface area contributed by atoms with Crippen LogP contribution in [0.25, 0.3) is 0 Å². The van der Waals surface area contributed by atoms with E-state index in [2.05, 4.69) is 5.32 Å². The second-order valence-corrected chi connectivity index (χ2v) is 7.50. The van der Waals surface area contributed by atoms with Crippen LogP contribution < -0.4 is 5.32 Å². The summed E-state index contributed by atoms with van der Waals surface area (Å²) in [5.41, 5.74) is -0.100. The van der Waals surface area contributed by atoms with E-state index in [4.69, 9.17) is 0 Å². The van der Waals surface area contributed by atoms with E-state index in [0.717, 1.165) is 6.07 Å². The molecule has 19 heavy (non-hydrogen) atoms. The number of carbonyl (C=O) groups excluding carboxylic acids is 1. The summed E-state index contributed by atoms with van der Waals surface area (Å²) < 4.78 is 36.3. The van der Waals surface area contributed by atoms with Crippen LogP contribution in [0.2, 0.25) is 0 Å². The summed E-state index contributed by atoms with van der Waals surface area (Å²) in [4.78, 5) is 12.0. The molecule has 0 radical (unpaired) electrons. The van der Waals surface area contributed by atoms with Crippen molar-refractivity contribution in [2.24, 2.45) is 0 Å². The first-order valence-electron chi connectivity index (χ1n) is 6.00. The molecule has 0 aliphatic carbocycles. The summed E-state index contributed by atoms with van der Waals surface area (Å²) in [6.45, 7) is 3.31. The number of nitrogens with one attached hydrogen (secondary N) is 1. The van der Waals surface area contributed by atoms with E-state index in [1.165, 1.54) is 12.1 Å². The second-order valence-electron chi connectivity index (χ2n) is 5.32. The quantitative estimate of drug-likeness (QED) is 0.894. The van der Waals surface area contributed by atoms with Gasteiger partial charge in [-0.05, 0) is 38.0 Å². The van der Waals surface area contributed by atoms with Crippen molar-refractivity contribution in [1.29, 1.82) is 0 Å². The van der Waals surface area contributed by atoms with Gasteiger partial charge in [0, 0.05) is 5.56 Å². The minimum absolute atomic E-state index is 0.0694. The zero-order valence-corrected chi connectivity index (χ0v) is 11.7. The van der Waals surface area contributed by atoms with Crippen LogP contribution in [0, 0.1) is 12.7 Å². The maximum absolute atomic E-state index is 13.4. The van der Waals surface area contributed by atoms with Gasteiger partial charge in [-0.25, -0.2) is 12.8 Å². The molecule has 1 atom stereocenters. The van der Waals surface area contributed by atoms with Crippen molar-refractivity contribution in [3.8, 4) is 0 Å². The van der Waals surface area contributed by atoms with Gasteiger partial charge in [-0.15, -0.1) is 0 Å². The molecule has 2 rings (SSSR count). The zero-order chi connectivity index (χ0) is 14.3. The highest BCUT2D eigenvalue weighted by atomic mass is 32.2. The van der Waals surface area contributed by atoms with Gasteiger partial charge in [0.05, 0.1) is 17.0 Å². The smallest absolute Gasteiger partial charge is 0.251 e. The summed E-state index contributed by atoms with van der Waals surface area (Å²) in [6, 6.07) is 4.22. The molecule has 1 aromatic carbocycles. The Morgan fingerprint density at radius 3 is 2.63 bits per heavy atom. The molecule has 0 aromatic heterocycles. The number of carbonyl (C=O) groups is 1. The van der Waals surface area contributed by atoms with Gasteiger partial charge in [0.1, 0.15) is 5.82 Å². The largest absolute Gasteiger partial charge is 0.346 e. The van der Waals surface area contributed by atoms with E-state index < -0.39 is 27.1 Å². The van der Waals surface area contributed by atoms with Gasteiger partial charge in [-0.3, -0.25) is 4.79 Å². The number of hydrogen-bond acceptors (Lipinski definition) is 3. The molecule has 1 heterocycles. The van der Waals surface area contributed by atoms with Gasteiger partial charge in [-0.2, -0.15) is 0 Å². The average Bonchev–Trinajstić information content (AvgIpc) is 2.56. The molecule has 1 aliphatic rings. The van der Waals surface area contributed by atoms with Gasteiger partial charge in [0.2, 0.25) is 0 Å². The molecule has 1 aromatic rings. The number of benzene rings is 1. The highest BCUT2D eigenvalue weighted by Crippen LogP contribution is 2.23. The Bertz CT molecular complexity index is 627. The van der Waals surface area contributed by atoms with Crippen molar-refractivity contribution in [2.75, 3.05) is 11.5 Å². The Hall–Kier alpha value is -1.43. The van der Waals surface area contributed by atoms with Crippen molar-refractivity contribution in [2.45, 2.75) is 25.8 Å². The number of sulfone groups is 1. The fourth-order valence-electron chi connectivity index (χ4n) is 2.19. The van der Waals surface area contributed by atoms with Crippen LogP contribution in [-0.2, 0) is 9.84 Å². The molecule has 0 saturated carbocycles. The normalized spacial score (nSPS) is 25.2. The van der Waals surface area contributed by atoms with Crippen molar-refractivity contribution < 1.29 is 17.6 Å². The molecule has 1 amide bonds. The summed E-state index contributed by atoms with van der Waals surface area (Å²) >= 11 is 0. The zero-order valence-electron chi connectivity index (χ0n) is 10.9. The first-order chi connectivity index (χ1) is 8.71. The highest BCUT2D eigenvalue weighted by molar-refractivity contribution is 7.91. The fraction of sp³-hybridized carbons (Fsp3) is 0.462. The Morgan fingerprint density at radius 1 is 1.42 bits per heavy atom. The third kappa shape index (κ3) is 3.12. The Morgan fingerprint density at radius 2 is 2.11 bits per heavy atom. The fourth-order valence-corrected chi connectivity index (χ4v) is 4.28. The van der Waals surface area contributed by atoms with Crippen LogP contribution in [0.15, 0.2) is 18.2 Å². The first kappa shape index (κ1) is 14.0. The molecule has 1 fully saturated rings. The van der Waals surface area contributed by atoms with Gasteiger partial charge < -0.3 is 5.32 Å². The predicted octanol–water partition coefficient (Wildman–Crippen LogP) is 1.44. The van der Waals surface area contributed by atoms with Gasteiger partial charge >= 0.3 is 0 Å². The third-order valence-corrected chi connectivity index (χ3v) is 5.26. The first-order valence-corrected chi connectivity index (χ1v) is 7.82. The van der Waals surface area contributed by atoms with Crippen LogP contribution in [0.4, 0.5) is 4.39 Å². The van der Waals surface area contributed by atoms with E-state index in [-0.39, 0.29) is 17.1 Å². The summed E-state index contributed by atoms with van der Waals surface area (Å²) in [6.07, 6.45) is 0.384. The molecular formula is C13H16FNO3S. The SMILES string of the molecule is Cc1ccc(C(=O)N[C@@]2(C)CCS(=O)(=O)C2)cc1F. The molecule has 6 heteroatoms. The highest BCUT2D eigenvalue weighted by Gasteiger charge is 2.39. The van der Waals surface area contributed by atoms with Crippen molar-refractivity contribution in [3.05, 3.63) is 35.1 Å². The molecular weight excluding hydrogens is 269 g/mol. The molecule has 1 saturated heterocycles. The average molecular weight is 285 g/mol. The number of aryl methyl sites for hydroxylation is 1. The number of amides is 1. The number of hydrogen-bond donors (Lipinski definition) is 1. The van der Waals surface area contributed by atoms with Crippen molar-refractivity contribution >= 4 is 15.7 Å². The van der Waals surface area contributed by atoms with Gasteiger partial charge in [0.15, 0.2) is 9.84 Å². The molecule has 4 nitrogen and oxygen atoms in total. The Balaban J connectivity index is 2.15. The van der Waals surface area contributed by atoms with Gasteiger partial charge in [0.25, 0.3) is 5.91 Å². The minimum Gasteiger partial charge on any atom is -0.346 e. The second kappa shape index (κ2) is 4.59. The van der Waals surface area contributed by atoms with Crippen LogP contribution in [-0.4, -0.2) is 31.4 Å². The monoisotopic (exact) mass is 285 g/mol. The Labute approximate surface area is 111 Å². The molecule has 0 spiro atoms. The van der Waals surface area contributed by atoms with Crippen LogP contribution >= 0.6 is 0 Å². The standard InChI is InChI=1S/C13H16FNO3S/c1-9-3-4-10(7-11(9)14)12(16)15-13(2)5-6-19(17,18)8-13/h3-4,7H,5-6,8H2,1-2H3,(H,15,16)/t13-/m0/s1. The van der Waals surface area contributed by atoms with E-state index in [1.807, 2.05) is 0 Å². The van der Waals surface area contributed by atoms with E-state index in [1.54, 1.807) is 13.8 Å². The molecule has 1 N–H and O–H groups in total. The third-order valence-electron chi connectivity index (χ3n) is 3.35. The topological polar surface area (TPSA) is 63.2 Å². The maximum atomic E-state index is 13.4. The summed E-state index contributed by atoms with van der Waals surface area (Å²) in [5.74, 6) is -0.887. The van der Waals surface area contributed by atoms with E-state index >= 15 is 0 Å². The molecule has 104 valence electrons. The van der Waals surface area contributed by atoms with Crippen molar-refractivity contribution in [1.82, 2.24) is 5.32 Å². The molecule has 0 unspecified atom stereocenters. The summed E-state index contributed by atoms with van der Waals surface area (Å²) in [7, 11) is -3.09. The van der Waals surface area contributed by atoms with E-state index in [0.29, 0.717) is 12.0 Å². The summed E-state index contributed by atoms with van der Waals surface area (Å²) in [5, 5.41) is 2.69. The van der Waals surface area contributed by atoms with Crippen LogP contribution in [0.3, 0.4) is 0 Å². The number of rotatable bonds is 2. The van der Waals surface area contributed by atoms with Crippen LogP contribution in [0.5, 0.6) is 0 Å². The lowest BCUT2D eigenvalue weighted by Crippen LogP contribution is -2.46. The lowest BCUT2D eigenvalue weighted by Gasteiger charge is -2.23.